The third kappa shape index (κ3) is 4.28. The topological polar surface area (TPSA) is 43.7 Å². The van der Waals surface area contributed by atoms with Crippen molar-refractivity contribution < 1.29 is 14.6 Å². The predicted octanol–water partition coefficient (Wildman–Crippen LogP) is 2.75. The quantitative estimate of drug-likeness (QED) is 0.823. The summed E-state index contributed by atoms with van der Waals surface area (Å²) >= 11 is 0. The van der Waals surface area contributed by atoms with E-state index in [2.05, 4.69) is 0 Å². The van der Waals surface area contributed by atoms with Crippen LogP contribution in [0.3, 0.4) is 0 Å². The Labute approximate surface area is 124 Å². The van der Waals surface area contributed by atoms with Crippen LogP contribution in [0.25, 0.3) is 0 Å². The summed E-state index contributed by atoms with van der Waals surface area (Å²) in [6, 6.07) is 15.9. The van der Waals surface area contributed by atoms with Crippen molar-refractivity contribution in [1.82, 2.24) is 0 Å². The van der Waals surface area contributed by atoms with E-state index in [9.17, 15) is 9.50 Å². The summed E-state index contributed by atoms with van der Waals surface area (Å²) in [6.45, 7) is 0.968. The Morgan fingerprint density at radius 3 is 2.33 bits per heavy atom. The van der Waals surface area contributed by atoms with Gasteiger partial charge in [-0.2, -0.15) is 0 Å². The first-order valence-corrected chi connectivity index (χ1v) is 7.05. The molecule has 0 aliphatic rings. The number of benzene rings is 2. The second-order valence-electron chi connectivity index (χ2n) is 4.90. The van der Waals surface area contributed by atoms with E-state index in [-0.39, 0.29) is 13.2 Å². The van der Waals surface area contributed by atoms with Crippen LogP contribution < -0.4 is 4.90 Å². The van der Waals surface area contributed by atoms with Gasteiger partial charge in [-0.05, 0) is 24.6 Å². The normalized spacial score (nSPS) is 12.1. The maximum absolute atomic E-state index is 13.7. The van der Waals surface area contributed by atoms with Gasteiger partial charge in [0.05, 0.1) is 6.10 Å². The van der Waals surface area contributed by atoms with Crippen LogP contribution in [0.2, 0.25) is 0 Å². The van der Waals surface area contributed by atoms with Crippen molar-refractivity contribution in [3.8, 4) is 0 Å². The molecule has 0 fully saturated rings. The van der Waals surface area contributed by atoms with E-state index in [1.54, 1.807) is 18.2 Å². The molecule has 0 saturated carbocycles. The van der Waals surface area contributed by atoms with Gasteiger partial charge in [0.1, 0.15) is 5.82 Å². The van der Waals surface area contributed by atoms with Gasteiger partial charge in [-0.3, -0.25) is 0 Å². The molecular weight excluding hydrogens is 269 g/mol. The Morgan fingerprint density at radius 2 is 1.67 bits per heavy atom. The molecule has 4 heteroatoms. The highest BCUT2D eigenvalue weighted by Gasteiger charge is 2.16. The summed E-state index contributed by atoms with van der Waals surface area (Å²) < 4.78 is 13.7. The third-order valence-corrected chi connectivity index (χ3v) is 3.37. The SMILES string of the molecule is OCCCN(CC(O)c1ccccc1F)c1ccccc1. The first-order chi connectivity index (χ1) is 10.2. The van der Waals surface area contributed by atoms with Crippen LogP contribution in [0.5, 0.6) is 0 Å². The van der Waals surface area contributed by atoms with E-state index >= 15 is 0 Å². The molecule has 2 aromatic carbocycles. The van der Waals surface area contributed by atoms with Crippen molar-refractivity contribution in [3.05, 3.63) is 66.0 Å². The number of nitrogens with zero attached hydrogens (tertiary/aromatic N) is 1. The van der Waals surface area contributed by atoms with Crippen LogP contribution in [0.1, 0.15) is 18.1 Å². The minimum absolute atomic E-state index is 0.0825. The molecule has 1 atom stereocenters. The molecule has 0 aliphatic carbocycles. The molecule has 0 bridgehead atoms. The first-order valence-electron chi connectivity index (χ1n) is 7.05. The Balaban J connectivity index is 2.13. The van der Waals surface area contributed by atoms with Crippen molar-refractivity contribution in [1.29, 1.82) is 0 Å². The first kappa shape index (κ1) is 15.5. The molecule has 21 heavy (non-hydrogen) atoms. The Kier molecular flexibility index (Phi) is 5.72. The smallest absolute Gasteiger partial charge is 0.129 e. The largest absolute Gasteiger partial charge is 0.396 e. The summed E-state index contributed by atoms with van der Waals surface area (Å²) in [5, 5.41) is 19.3. The lowest BCUT2D eigenvalue weighted by Gasteiger charge is -2.27. The van der Waals surface area contributed by atoms with Gasteiger partial charge in [0, 0.05) is 30.9 Å². The number of rotatable bonds is 7. The molecular formula is C17H20FNO2. The average Bonchev–Trinajstić information content (AvgIpc) is 2.52. The van der Waals surface area contributed by atoms with Crippen LogP contribution in [0.4, 0.5) is 10.1 Å². The molecule has 112 valence electrons. The number of hydrogen-bond acceptors (Lipinski definition) is 3. The summed E-state index contributed by atoms with van der Waals surface area (Å²) in [7, 11) is 0. The fourth-order valence-electron chi connectivity index (χ4n) is 2.28. The molecule has 1 unspecified atom stereocenters. The number of para-hydroxylation sites is 1. The van der Waals surface area contributed by atoms with Gasteiger partial charge >= 0.3 is 0 Å². The number of aliphatic hydroxyl groups is 2. The molecule has 0 radical (unpaired) electrons. The van der Waals surface area contributed by atoms with Crippen molar-refractivity contribution in [2.75, 3.05) is 24.6 Å². The zero-order valence-electron chi connectivity index (χ0n) is 11.8. The number of hydrogen-bond donors (Lipinski definition) is 2. The van der Waals surface area contributed by atoms with Gasteiger partial charge < -0.3 is 15.1 Å². The zero-order valence-corrected chi connectivity index (χ0v) is 11.8. The summed E-state index contributed by atoms with van der Waals surface area (Å²) in [6.07, 6.45) is -0.316. The Hall–Kier alpha value is -1.91. The van der Waals surface area contributed by atoms with Gasteiger partial charge in [0.2, 0.25) is 0 Å². The van der Waals surface area contributed by atoms with Crippen LogP contribution in [-0.2, 0) is 0 Å². The van der Waals surface area contributed by atoms with E-state index in [1.165, 1.54) is 6.07 Å². The molecule has 0 amide bonds. The molecule has 3 nitrogen and oxygen atoms in total. The number of aliphatic hydroxyl groups excluding tert-OH is 2. The second-order valence-corrected chi connectivity index (χ2v) is 4.90. The highest BCUT2D eigenvalue weighted by Crippen LogP contribution is 2.21. The van der Waals surface area contributed by atoms with E-state index < -0.39 is 11.9 Å². The van der Waals surface area contributed by atoms with E-state index in [0.29, 0.717) is 18.5 Å². The summed E-state index contributed by atoms with van der Waals surface area (Å²) in [4.78, 5) is 1.95. The standard InChI is InChI=1S/C17H20FNO2/c18-16-10-5-4-9-15(16)17(21)13-19(11-6-12-20)14-7-2-1-3-8-14/h1-5,7-10,17,20-21H,6,11-13H2. The van der Waals surface area contributed by atoms with Crippen LogP contribution in [0, 0.1) is 5.82 Å². The monoisotopic (exact) mass is 289 g/mol. The van der Waals surface area contributed by atoms with Crippen LogP contribution >= 0.6 is 0 Å². The lowest BCUT2D eigenvalue weighted by molar-refractivity contribution is 0.177. The van der Waals surface area contributed by atoms with Gasteiger partial charge in [-0.25, -0.2) is 4.39 Å². The molecule has 2 N–H and O–H groups in total. The van der Waals surface area contributed by atoms with Gasteiger partial charge in [0.25, 0.3) is 0 Å². The molecule has 0 heterocycles. The molecule has 0 spiro atoms. The van der Waals surface area contributed by atoms with Gasteiger partial charge in [-0.15, -0.1) is 0 Å². The zero-order chi connectivity index (χ0) is 15.1. The maximum Gasteiger partial charge on any atom is 0.129 e. The van der Waals surface area contributed by atoms with Crippen molar-refractivity contribution >= 4 is 5.69 Å². The van der Waals surface area contributed by atoms with Gasteiger partial charge in [0.15, 0.2) is 0 Å². The average molecular weight is 289 g/mol. The highest BCUT2D eigenvalue weighted by atomic mass is 19.1. The number of anilines is 1. The van der Waals surface area contributed by atoms with Crippen LogP contribution in [0.15, 0.2) is 54.6 Å². The van der Waals surface area contributed by atoms with E-state index in [4.69, 9.17) is 5.11 Å². The summed E-state index contributed by atoms with van der Waals surface area (Å²) in [5.41, 5.74) is 1.24. The van der Waals surface area contributed by atoms with E-state index in [0.717, 1.165) is 5.69 Å². The molecule has 0 aliphatic heterocycles. The molecule has 2 rings (SSSR count). The van der Waals surface area contributed by atoms with E-state index in [1.807, 2.05) is 35.2 Å². The summed E-state index contributed by atoms with van der Waals surface area (Å²) in [5.74, 6) is -0.403. The highest BCUT2D eigenvalue weighted by molar-refractivity contribution is 5.46. The molecule has 0 saturated heterocycles. The Morgan fingerprint density at radius 1 is 1.00 bits per heavy atom. The molecule has 2 aromatic rings. The van der Waals surface area contributed by atoms with Crippen molar-refractivity contribution in [3.63, 3.8) is 0 Å². The lowest BCUT2D eigenvalue weighted by atomic mass is 10.1. The maximum atomic E-state index is 13.7. The second kappa shape index (κ2) is 7.76. The fraction of sp³-hybridized carbons (Fsp3) is 0.294. The Bertz CT molecular complexity index is 547. The fourth-order valence-corrected chi connectivity index (χ4v) is 2.28. The lowest BCUT2D eigenvalue weighted by Crippen LogP contribution is -2.30. The minimum Gasteiger partial charge on any atom is -0.396 e. The van der Waals surface area contributed by atoms with Gasteiger partial charge in [-0.1, -0.05) is 36.4 Å². The minimum atomic E-state index is -0.912. The number of halogens is 1. The van der Waals surface area contributed by atoms with Crippen molar-refractivity contribution in [2.45, 2.75) is 12.5 Å². The van der Waals surface area contributed by atoms with Crippen LogP contribution in [-0.4, -0.2) is 29.9 Å². The molecule has 0 aromatic heterocycles. The third-order valence-electron chi connectivity index (χ3n) is 3.37. The van der Waals surface area contributed by atoms with Crippen molar-refractivity contribution in [2.24, 2.45) is 0 Å². The predicted molar refractivity (Wildman–Crippen MR) is 81.7 cm³/mol.